The Morgan fingerprint density at radius 3 is 2.40 bits per heavy atom. The minimum Gasteiger partial charge on any atom is -0.481 e. The van der Waals surface area contributed by atoms with Crippen LogP contribution in [0.15, 0.2) is 0 Å². The van der Waals surface area contributed by atoms with Crippen molar-refractivity contribution in [1.82, 2.24) is 10.2 Å². The van der Waals surface area contributed by atoms with Crippen LogP contribution in [-0.4, -0.2) is 48.6 Å². The van der Waals surface area contributed by atoms with Crippen LogP contribution in [0.2, 0.25) is 0 Å². The highest BCUT2D eigenvalue weighted by atomic mass is 16.4. The first-order valence-electron chi connectivity index (χ1n) is 5.17. The summed E-state index contributed by atoms with van der Waals surface area (Å²) >= 11 is 0. The van der Waals surface area contributed by atoms with Gasteiger partial charge < -0.3 is 15.3 Å². The van der Waals surface area contributed by atoms with Crippen LogP contribution < -0.4 is 5.32 Å². The molecule has 88 valence electrons. The van der Waals surface area contributed by atoms with Gasteiger partial charge in [0, 0.05) is 19.9 Å². The second-order valence-electron chi connectivity index (χ2n) is 3.64. The number of carbonyl (C=O) groups excluding carboxylic acids is 1. The third-order valence-electron chi connectivity index (χ3n) is 2.02. The zero-order valence-electron chi connectivity index (χ0n) is 9.45. The van der Waals surface area contributed by atoms with Gasteiger partial charge in [0.05, 0.1) is 0 Å². The summed E-state index contributed by atoms with van der Waals surface area (Å²) in [6, 6.07) is 0. The summed E-state index contributed by atoms with van der Waals surface area (Å²) in [5.74, 6) is -0.759. The Labute approximate surface area is 90.5 Å². The fourth-order valence-corrected chi connectivity index (χ4v) is 1.23. The first-order valence-corrected chi connectivity index (χ1v) is 5.17. The van der Waals surface area contributed by atoms with Gasteiger partial charge in [-0.15, -0.1) is 0 Å². The molecule has 0 radical (unpaired) electrons. The van der Waals surface area contributed by atoms with Crippen molar-refractivity contribution in [3.05, 3.63) is 0 Å². The van der Waals surface area contributed by atoms with E-state index in [0.29, 0.717) is 13.0 Å². The van der Waals surface area contributed by atoms with Gasteiger partial charge in [-0.25, -0.2) is 0 Å². The minimum atomic E-state index is -0.748. The molecule has 0 unspecified atom stereocenters. The Hall–Kier alpha value is -1.10. The molecule has 0 rings (SSSR count). The van der Waals surface area contributed by atoms with Gasteiger partial charge in [-0.05, 0) is 33.0 Å². The number of nitrogens with one attached hydrogen (secondary N) is 1. The number of carboxylic acids is 1. The van der Waals surface area contributed by atoms with Crippen LogP contribution in [-0.2, 0) is 9.59 Å². The van der Waals surface area contributed by atoms with Gasteiger partial charge in [-0.3, -0.25) is 9.59 Å². The third-order valence-corrected chi connectivity index (χ3v) is 2.02. The van der Waals surface area contributed by atoms with Crippen molar-refractivity contribution in [1.29, 1.82) is 0 Å². The highest BCUT2D eigenvalue weighted by Gasteiger charge is 2.01. The number of aliphatic carboxylic acids is 1. The molecule has 0 spiro atoms. The summed E-state index contributed by atoms with van der Waals surface area (Å²) < 4.78 is 0. The summed E-state index contributed by atoms with van der Waals surface area (Å²) in [5, 5.41) is 11.2. The lowest BCUT2D eigenvalue weighted by Crippen LogP contribution is -2.27. The van der Waals surface area contributed by atoms with Crippen molar-refractivity contribution in [3.63, 3.8) is 0 Å². The lowest BCUT2D eigenvalue weighted by molar-refractivity contribution is -0.137. The molecular weight excluding hydrogens is 196 g/mol. The second kappa shape index (κ2) is 8.23. The molecule has 0 aliphatic heterocycles. The van der Waals surface area contributed by atoms with Crippen LogP contribution >= 0.6 is 0 Å². The van der Waals surface area contributed by atoms with E-state index in [2.05, 4.69) is 10.2 Å². The van der Waals surface area contributed by atoms with Crippen LogP contribution in [0.4, 0.5) is 0 Å². The van der Waals surface area contributed by atoms with E-state index in [9.17, 15) is 9.59 Å². The van der Waals surface area contributed by atoms with E-state index < -0.39 is 5.97 Å². The Morgan fingerprint density at radius 1 is 1.27 bits per heavy atom. The van der Waals surface area contributed by atoms with Gasteiger partial charge in [0.1, 0.15) is 0 Å². The Morgan fingerprint density at radius 2 is 1.87 bits per heavy atom. The normalized spacial score (nSPS) is 10.3. The van der Waals surface area contributed by atoms with Crippen LogP contribution in [0.1, 0.15) is 26.2 Å². The maximum atomic E-state index is 10.5. The summed E-state index contributed by atoms with van der Waals surface area (Å²) in [5.41, 5.74) is 0. The van der Waals surface area contributed by atoms with Crippen LogP contribution in [0.25, 0.3) is 0 Å². The van der Waals surface area contributed by atoms with Gasteiger partial charge in [-0.1, -0.05) is 0 Å². The van der Waals surface area contributed by atoms with E-state index in [1.54, 1.807) is 0 Å². The standard InChI is InChI=1S/C10H20N2O3/c1-9(13)11-6-4-8-12(2)7-3-5-10(14)15/h3-8H2,1-2H3,(H,11,13)(H,14,15). The molecule has 0 aromatic rings. The average molecular weight is 216 g/mol. The fraction of sp³-hybridized carbons (Fsp3) is 0.800. The highest BCUT2D eigenvalue weighted by Crippen LogP contribution is 1.93. The predicted molar refractivity (Wildman–Crippen MR) is 57.7 cm³/mol. The fourth-order valence-electron chi connectivity index (χ4n) is 1.23. The number of carboxylic acid groups (broad SMARTS) is 1. The predicted octanol–water partition coefficient (Wildman–Crippen LogP) is 0.309. The first kappa shape index (κ1) is 13.9. The van der Waals surface area contributed by atoms with Crippen LogP contribution in [0.3, 0.4) is 0 Å². The monoisotopic (exact) mass is 216 g/mol. The summed E-state index contributed by atoms with van der Waals surface area (Å²) in [6.07, 6.45) is 1.78. The van der Waals surface area contributed by atoms with Crippen molar-refractivity contribution in [2.24, 2.45) is 0 Å². The van der Waals surface area contributed by atoms with Gasteiger partial charge in [0.25, 0.3) is 0 Å². The molecule has 0 fully saturated rings. The van der Waals surface area contributed by atoms with Crippen molar-refractivity contribution in [2.75, 3.05) is 26.7 Å². The number of carbonyl (C=O) groups is 2. The summed E-state index contributed by atoms with van der Waals surface area (Å²) in [4.78, 5) is 22.9. The molecule has 0 aromatic heterocycles. The van der Waals surface area contributed by atoms with E-state index in [-0.39, 0.29) is 12.3 Å². The molecule has 0 aliphatic carbocycles. The smallest absolute Gasteiger partial charge is 0.303 e. The zero-order chi connectivity index (χ0) is 11.7. The van der Waals surface area contributed by atoms with Crippen LogP contribution in [0, 0.1) is 0 Å². The largest absolute Gasteiger partial charge is 0.481 e. The van der Waals surface area contributed by atoms with Crippen molar-refractivity contribution in [2.45, 2.75) is 26.2 Å². The Kier molecular flexibility index (Phi) is 7.62. The SMILES string of the molecule is CC(=O)NCCCN(C)CCCC(=O)O. The highest BCUT2D eigenvalue weighted by molar-refractivity contribution is 5.72. The van der Waals surface area contributed by atoms with Gasteiger partial charge in [0.2, 0.25) is 5.91 Å². The number of amides is 1. The summed E-state index contributed by atoms with van der Waals surface area (Å²) in [6.45, 7) is 3.83. The van der Waals surface area contributed by atoms with Gasteiger partial charge in [0.15, 0.2) is 0 Å². The summed E-state index contributed by atoms with van der Waals surface area (Å²) in [7, 11) is 1.95. The van der Waals surface area contributed by atoms with E-state index >= 15 is 0 Å². The Balaban J connectivity index is 3.29. The molecule has 0 atom stereocenters. The topological polar surface area (TPSA) is 69.6 Å². The molecule has 5 nitrogen and oxygen atoms in total. The van der Waals surface area contributed by atoms with E-state index in [1.807, 2.05) is 7.05 Å². The van der Waals surface area contributed by atoms with E-state index in [0.717, 1.165) is 19.5 Å². The van der Waals surface area contributed by atoms with Crippen LogP contribution in [0.5, 0.6) is 0 Å². The minimum absolute atomic E-state index is 0.0106. The lowest BCUT2D eigenvalue weighted by atomic mass is 10.3. The molecule has 0 saturated heterocycles. The number of nitrogens with zero attached hydrogens (tertiary/aromatic N) is 1. The quantitative estimate of drug-likeness (QED) is 0.573. The zero-order valence-corrected chi connectivity index (χ0v) is 9.45. The number of rotatable bonds is 8. The van der Waals surface area contributed by atoms with E-state index in [1.165, 1.54) is 6.92 Å². The molecule has 0 aromatic carbocycles. The van der Waals surface area contributed by atoms with Gasteiger partial charge in [-0.2, -0.15) is 0 Å². The molecule has 15 heavy (non-hydrogen) atoms. The second-order valence-corrected chi connectivity index (χ2v) is 3.64. The number of hydrogen-bond donors (Lipinski definition) is 2. The van der Waals surface area contributed by atoms with Crippen molar-refractivity contribution >= 4 is 11.9 Å². The van der Waals surface area contributed by atoms with Gasteiger partial charge >= 0.3 is 5.97 Å². The molecule has 0 heterocycles. The first-order chi connectivity index (χ1) is 7.02. The third kappa shape index (κ3) is 10.8. The maximum absolute atomic E-state index is 10.5. The molecule has 0 aliphatic rings. The lowest BCUT2D eigenvalue weighted by Gasteiger charge is -2.15. The molecule has 1 amide bonds. The van der Waals surface area contributed by atoms with E-state index in [4.69, 9.17) is 5.11 Å². The maximum Gasteiger partial charge on any atom is 0.303 e. The molecular formula is C10H20N2O3. The molecule has 2 N–H and O–H groups in total. The molecule has 0 saturated carbocycles. The molecule has 5 heteroatoms. The average Bonchev–Trinajstić information content (AvgIpc) is 2.11. The Bertz CT molecular complexity index is 207. The van der Waals surface area contributed by atoms with Crippen molar-refractivity contribution in [3.8, 4) is 0 Å². The number of hydrogen-bond acceptors (Lipinski definition) is 3. The van der Waals surface area contributed by atoms with Crippen molar-refractivity contribution < 1.29 is 14.7 Å². The molecule has 0 bridgehead atoms.